The van der Waals surface area contributed by atoms with Crippen molar-refractivity contribution in [3.8, 4) is 5.75 Å². The largest absolute Gasteiger partial charge is 0.489 e. The van der Waals surface area contributed by atoms with Crippen LogP contribution in [0.1, 0.15) is 27.0 Å². The van der Waals surface area contributed by atoms with Gasteiger partial charge in [0, 0.05) is 15.6 Å². The molecule has 0 radical (unpaired) electrons. The first kappa shape index (κ1) is 16.5. The molecular weight excluding hydrogens is 364 g/mol. The van der Waals surface area contributed by atoms with Crippen molar-refractivity contribution in [1.29, 1.82) is 0 Å². The standard InChI is InChI=1S/C21H17BrO2/c1-15-7-10-18(22)13-20(15)21(23)17-8-11-19(12-9-17)24-14-16-5-3-2-4-6-16/h2-13H,14H2,1H3. The lowest BCUT2D eigenvalue weighted by atomic mass is 9.99. The zero-order valence-corrected chi connectivity index (χ0v) is 14.9. The van der Waals surface area contributed by atoms with Crippen LogP contribution >= 0.6 is 15.9 Å². The fraction of sp³-hybridized carbons (Fsp3) is 0.0952. The fourth-order valence-corrected chi connectivity index (χ4v) is 2.80. The van der Waals surface area contributed by atoms with Gasteiger partial charge in [0.25, 0.3) is 0 Å². The van der Waals surface area contributed by atoms with Gasteiger partial charge in [0.2, 0.25) is 0 Å². The summed E-state index contributed by atoms with van der Waals surface area (Å²) in [5.41, 5.74) is 3.45. The predicted octanol–water partition coefficient (Wildman–Crippen LogP) is 5.57. The van der Waals surface area contributed by atoms with E-state index in [0.29, 0.717) is 17.7 Å². The van der Waals surface area contributed by atoms with Crippen molar-refractivity contribution in [2.45, 2.75) is 13.5 Å². The molecule has 0 fully saturated rings. The molecule has 3 heteroatoms. The molecule has 0 unspecified atom stereocenters. The monoisotopic (exact) mass is 380 g/mol. The van der Waals surface area contributed by atoms with E-state index in [2.05, 4.69) is 15.9 Å². The van der Waals surface area contributed by atoms with Gasteiger partial charge in [-0.05, 0) is 54.4 Å². The van der Waals surface area contributed by atoms with Crippen molar-refractivity contribution in [2.75, 3.05) is 0 Å². The van der Waals surface area contributed by atoms with E-state index in [1.165, 1.54) is 0 Å². The summed E-state index contributed by atoms with van der Waals surface area (Å²) in [6.45, 7) is 2.45. The summed E-state index contributed by atoms with van der Waals surface area (Å²) < 4.78 is 6.66. The predicted molar refractivity (Wildman–Crippen MR) is 99.5 cm³/mol. The van der Waals surface area contributed by atoms with Crippen molar-refractivity contribution in [2.24, 2.45) is 0 Å². The zero-order valence-electron chi connectivity index (χ0n) is 13.3. The van der Waals surface area contributed by atoms with E-state index in [1.54, 1.807) is 0 Å². The lowest BCUT2D eigenvalue weighted by Crippen LogP contribution is -2.04. The molecule has 3 rings (SSSR count). The van der Waals surface area contributed by atoms with Gasteiger partial charge in [0.15, 0.2) is 5.78 Å². The van der Waals surface area contributed by atoms with Gasteiger partial charge in [-0.1, -0.05) is 52.3 Å². The highest BCUT2D eigenvalue weighted by atomic mass is 79.9. The first-order chi connectivity index (χ1) is 11.6. The molecule has 0 aliphatic carbocycles. The highest BCUT2D eigenvalue weighted by Gasteiger charge is 2.12. The summed E-state index contributed by atoms with van der Waals surface area (Å²) >= 11 is 3.42. The quantitative estimate of drug-likeness (QED) is 0.541. The number of benzene rings is 3. The molecule has 0 spiro atoms. The number of hydrogen-bond acceptors (Lipinski definition) is 2. The van der Waals surface area contributed by atoms with Crippen LogP contribution in [0.5, 0.6) is 5.75 Å². The van der Waals surface area contributed by atoms with Gasteiger partial charge >= 0.3 is 0 Å². The van der Waals surface area contributed by atoms with E-state index < -0.39 is 0 Å². The molecule has 24 heavy (non-hydrogen) atoms. The minimum atomic E-state index is 0.0170. The van der Waals surface area contributed by atoms with E-state index in [9.17, 15) is 4.79 Å². The van der Waals surface area contributed by atoms with E-state index in [1.807, 2.05) is 79.7 Å². The third-order valence-corrected chi connectivity index (χ3v) is 4.30. The Hall–Kier alpha value is -2.39. The molecule has 0 saturated carbocycles. The Kier molecular flexibility index (Phi) is 5.11. The Morgan fingerprint density at radius 2 is 1.67 bits per heavy atom. The zero-order chi connectivity index (χ0) is 16.9. The van der Waals surface area contributed by atoms with Crippen LogP contribution in [0, 0.1) is 6.92 Å². The van der Waals surface area contributed by atoms with Crippen LogP contribution in [0.15, 0.2) is 77.3 Å². The normalized spacial score (nSPS) is 10.4. The third-order valence-electron chi connectivity index (χ3n) is 3.81. The second kappa shape index (κ2) is 7.45. The molecule has 0 aromatic heterocycles. The maximum atomic E-state index is 12.6. The highest BCUT2D eigenvalue weighted by Crippen LogP contribution is 2.21. The Morgan fingerprint density at radius 3 is 2.38 bits per heavy atom. The molecule has 3 aromatic rings. The molecule has 0 heterocycles. The summed E-state index contributed by atoms with van der Waals surface area (Å²) in [5.74, 6) is 0.768. The van der Waals surface area contributed by atoms with Crippen molar-refractivity contribution in [3.05, 3.63) is 99.5 Å². The fourth-order valence-electron chi connectivity index (χ4n) is 2.44. The molecular formula is C21H17BrO2. The lowest BCUT2D eigenvalue weighted by Gasteiger charge is -2.08. The van der Waals surface area contributed by atoms with Crippen LogP contribution in [0.2, 0.25) is 0 Å². The molecule has 0 atom stereocenters. The van der Waals surface area contributed by atoms with Crippen molar-refractivity contribution in [1.82, 2.24) is 0 Å². The summed E-state index contributed by atoms with van der Waals surface area (Å²) in [6, 6.07) is 23.0. The average Bonchev–Trinajstić information content (AvgIpc) is 2.63. The maximum Gasteiger partial charge on any atom is 0.193 e. The van der Waals surface area contributed by atoms with Crippen LogP contribution in [-0.4, -0.2) is 5.78 Å². The van der Waals surface area contributed by atoms with Gasteiger partial charge in [-0.3, -0.25) is 4.79 Å². The molecule has 120 valence electrons. The van der Waals surface area contributed by atoms with Crippen LogP contribution in [-0.2, 0) is 6.61 Å². The topological polar surface area (TPSA) is 26.3 Å². The molecule has 0 saturated heterocycles. The minimum absolute atomic E-state index is 0.0170. The Balaban J connectivity index is 1.72. The number of ether oxygens (including phenoxy) is 1. The number of ketones is 1. The number of aryl methyl sites for hydroxylation is 1. The van der Waals surface area contributed by atoms with Gasteiger partial charge in [0.05, 0.1) is 0 Å². The van der Waals surface area contributed by atoms with E-state index >= 15 is 0 Å². The summed E-state index contributed by atoms with van der Waals surface area (Å²) in [6.07, 6.45) is 0. The second-order valence-electron chi connectivity index (χ2n) is 5.59. The average molecular weight is 381 g/mol. The SMILES string of the molecule is Cc1ccc(Br)cc1C(=O)c1ccc(OCc2ccccc2)cc1. The number of carbonyl (C=O) groups excluding carboxylic acids is 1. The van der Waals surface area contributed by atoms with Gasteiger partial charge in [-0.2, -0.15) is 0 Å². The minimum Gasteiger partial charge on any atom is -0.489 e. The summed E-state index contributed by atoms with van der Waals surface area (Å²) in [7, 11) is 0. The third kappa shape index (κ3) is 3.92. The molecule has 0 N–H and O–H groups in total. The van der Waals surface area contributed by atoms with Crippen molar-refractivity contribution in [3.63, 3.8) is 0 Å². The maximum absolute atomic E-state index is 12.6. The summed E-state index contributed by atoms with van der Waals surface area (Å²) in [4.78, 5) is 12.6. The molecule has 0 amide bonds. The highest BCUT2D eigenvalue weighted by molar-refractivity contribution is 9.10. The van der Waals surface area contributed by atoms with E-state index in [0.717, 1.165) is 21.3 Å². The first-order valence-corrected chi connectivity index (χ1v) is 8.50. The Morgan fingerprint density at radius 1 is 0.958 bits per heavy atom. The Labute approximate surface area is 150 Å². The molecule has 0 aliphatic rings. The van der Waals surface area contributed by atoms with Crippen LogP contribution in [0.4, 0.5) is 0 Å². The van der Waals surface area contributed by atoms with Gasteiger partial charge < -0.3 is 4.74 Å². The molecule has 0 bridgehead atoms. The van der Waals surface area contributed by atoms with Crippen LogP contribution < -0.4 is 4.74 Å². The van der Waals surface area contributed by atoms with Gasteiger partial charge in [0.1, 0.15) is 12.4 Å². The van der Waals surface area contributed by atoms with Crippen LogP contribution in [0.3, 0.4) is 0 Å². The number of carbonyl (C=O) groups is 1. The smallest absolute Gasteiger partial charge is 0.193 e. The van der Waals surface area contributed by atoms with Crippen molar-refractivity contribution >= 4 is 21.7 Å². The lowest BCUT2D eigenvalue weighted by molar-refractivity contribution is 0.103. The number of hydrogen-bond donors (Lipinski definition) is 0. The first-order valence-electron chi connectivity index (χ1n) is 7.71. The van der Waals surface area contributed by atoms with Gasteiger partial charge in [-0.15, -0.1) is 0 Å². The van der Waals surface area contributed by atoms with E-state index in [4.69, 9.17) is 4.74 Å². The number of halogens is 1. The van der Waals surface area contributed by atoms with E-state index in [-0.39, 0.29) is 5.78 Å². The van der Waals surface area contributed by atoms with Crippen molar-refractivity contribution < 1.29 is 9.53 Å². The molecule has 0 aliphatic heterocycles. The molecule has 2 nitrogen and oxygen atoms in total. The number of rotatable bonds is 5. The summed E-state index contributed by atoms with van der Waals surface area (Å²) in [5, 5.41) is 0. The van der Waals surface area contributed by atoms with Crippen LogP contribution in [0.25, 0.3) is 0 Å². The Bertz CT molecular complexity index is 839. The molecule has 3 aromatic carbocycles. The second-order valence-corrected chi connectivity index (χ2v) is 6.50. The van der Waals surface area contributed by atoms with Gasteiger partial charge in [-0.25, -0.2) is 0 Å².